The molecule has 2 unspecified atom stereocenters. The molecule has 1 aliphatic carbocycles. The van der Waals surface area contributed by atoms with Gasteiger partial charge in [-0.15, -0.1) is 0 Å². The Kier molecular flexibility index (Phi) is 5.45. The number of carbonyl (C=O) groups excluding carboxylic acids is 1. The first kappa shape index (κ1) is 14.9. The normalized spacial score (nSPS) is 22.9. The lowest BCUT2D eigenvalue weighted by atomic mass is 10.0. The molecule has 1 aliphatic rings. The molecule has 0 radical (unpaired) electrons. The lowest BCUT2D eigenvalue weighted by Crippen LogP contribution is -2.34. The Morgan fingerprint density at radius 3 is 2.60 bits per heavy atom. The van der Waals surface area contributed by atoms with Crippen LogP contribution >= 0.6 is 0 Å². The molecule has 2 atom stereocenters. The molecular formula is C17H26N2O. The monoisotopic (exact) mass is 274 g/mol. The molecule has 3 heteroatoms. The SMILES string of the molecule is CCNc1ccc(C(=O)NC2CCCC(C)CC2)cc1. The molecule has 20 heavy (non-hydrogen) atoms. The quantitative estimate of drug-likeness (QED) is 0.820. The van der Waals surface area contributed by atoms with E-state index in [-0.39, 0.29) is 5.91 Å². The Balaban J connectivity index is 1.90. The maximum atomic E-state index is 12.2. The zero-order chi connectivity index (χ0) is 14.4. The van der Waals surface area contributed by atoms with Gasteiger partial charge in [0.15, 0.2) is 0 Å². The predicted octanol–water partition coefficient (Wildman–Crippen LogP) is 3.82. The first-order valence-electron chi connectivity index (χ1n) is 7.84. The van der Waals surface area contributed by atoms with E-state index in [2.05, 4.69) is 24.5 Å². The fourth-order valence-corrected chi connectivity index (χ4v) is 2.84. The summed E-state index contributed by atoms with van der Waals surface area (Å²) in [5.74, 6) is 0.865. The second-order valence-electron chi connectivity index (χ2n) is 5.89. The molecule has 2 rings (SSSR count). The number of carbonyl (C=O) groups is 1. The average molecular weight is 274 g/mol. The van der Waals surface area contributed by atoms with Gasteiger partial charge in [-0.1, -0.05) is 19.8 Å². The van der Waals surface area contributed by atoms with Gasteiger partial charge in [-0.3, -0.25) is 4.79 Å². The highest BCUT2D eigenvalue weighted by Gasteiger charge is 2.18. The third-order valence-electron chi connectivity index (χ3n) is 4.12. The van der Waals surface area contributed by atoms with E-state index in [0.29, 0.717) is 6.04 Å². The van der Waals surface area contributed by atoms with E-state index in [0.717, 1.165) is 36.6 Å². The lowest BCUT2D eigenvalue weighted by molar-refractivity contribution is 0.0933. The van der Waals surface area contributed by atoms with Gasteiger partial charge in [0.25, 0.3) is 5.91 Å². The third kappa shape index (κ3) is 4.26. The van der Waals surface area contributed by atoms with Crippen LogP contribution in [0, 0.1) is 5.92 Å². The van der Waals surface area contributed by atoms with Crippen LogP contribution in [-0.2, 0) is 0 Å². The Hall–Kier alpha value is -1.51. The van der Waals surface area contributed by atoms with E-state index >= 15 is 0 Å². The summed E-state index contributed by atoms with van der Waals surface area (Å²) in [7, 11) is 0. The van der Waals surface area contributed by atoms with Gasteiger partial charge in [0.2, 0.25) is 0 Å². The van der Waals surface area contributed by atoms with Crippen LogP contribution in [-0.4, -0.2) is 18.5 Å². The van der Waals surface area contributed by atoms with E-state index in [4.69, 9.17) is 0 Å². The highest BCUT2D eigenvalue weighted by Crippen LogP contribution is 2.22. The molecule has 0 aromatic heterocycles. The number of nitrogens with one attached hydrogen (secondary N) is 2. The number of hydrogen-bond donors (Lipinski definition) is 2. The van der Waals surface area contributed by atoms with Crippen LogP contribution in [0.3, 0.4) is 0 Å². The number of benzene rings is 1. The van der Waals surface area contributed by atoms with Gasteiger partial charge in [-0.2, -0.15) is 0 Å². The van der Waals surface area contributed by atoms with Crippen molar-refractivity contribution >= 4 is 11.6 Å². The van der Waals surface area contributed by atoms with Crippen molar-refractivity contribution < 1.29 is 4.79 Å². The molecule has 1 amide bonds. The predicted molar refractivity (Wildman–Crippen MR) is 84.1 cm³/mol. The van der Waals surface area contributed by atoms with Crippen molar-refractivity contribution in [3.05, 3.63) is 29.8 Å². The summed E-state index contributed by atoms with van der Waals surface area (Å²) in [6, 6.07) is 8.07. The number of amides is 1. The van der Waals surface area contributed by atoms with Gasteiger partial charge in [-0.25, -0.2) is 0 Å². The number of anilines is 1. The summed E-state index contributed by atoms with van der Waals surface area (Å²) in [5, 5.41) is 6.42. The van der Waals surface area contributed by atoms with Crippen molar-refractivity contribution in [2.24, 2.45) is 5.92 Å². The molecule has 2 N–H and O–H groups in total. The average Bonchev–Trinajstić information content (AvgIpc) is 2.65. The van der Waals surface area contributed by atoms with Crippen LogP contribution in [0.25, 0.3) is 0 Å². The summed E-state index contributed by atoms with van der Waals surface area (Å²) in [6.45, 7) is 5.27. The van der Waals surface area contributed by atoms with Crippen LogP contribution in [0.1, 0.15) is 56.3 Å². The maximum absolute atomic E-state index is 12.2. The molecular weight excluding hydrogens is 248 g/mol. The summed E-state index contributed by atoms with van der Waals surface area (Å²) in [6.07, 6.45) is 5.98. The van der Waals surface area contributed by atoms with Crippen LogP contribution in [0.2, 0.25) is 0 Å². The number of hydrogen-bond acceptors (Lipinski definition) is 2. The van der Waals surface area contributed by atoms with Crippen LogP contribution < -0.4 is 10.6 Å². The molecule has 0 spiro atoms. The number of rotatable bonds is 4. The molecule has 1 aromatic carbocycles. The van der Waals surface area contributed by atoms with Crippen LogP contribution in [0.4, 0.5) is 5.69 Å². The van der Waals surface area contributed by atoms with Crippen molar-refractivity contribution in [1.82, 2.24) is 5.32 Å². The summed E-state index contributed by atoms with van der Waals surface area (Å²) in [5.41, 5.74) is 1.82. The molecule has 0 heterocycles. The zero-order valence-electron chi connectivity index (χ0n) is 12.6. The van der Waals surface area contributed by atoms with E-state index < -0.39 is 0 Å². The third-order valence-corrected chi connectivity index (χ3v) is 4.12. The maximum Gasteiger partial charge on any atom is 0.251 e. The second kappa shape index (κ2) is 7.32. The molecule has 0 saturated heterocycles. The standard InChI is InChI=1S/C17H26N2O/c1-3-18-15-11-8-14(9-12-15)17(20)19-16-6-4-5-13(2)7-10-16/h8-9,11-13,16,18H,3-7,10H2,1-2H3,(H,19,20). The van der Waals surface area contributed by atoms with Gasteiger partial charge in [0, 0.05) is 23.8 Å². The second-order valence-corrected chi connectivity index (χ2v) is 5.89. The topological polar surface area (TPSA) is 41.1 Å². The molecule has 1 saturated carbocycles. The molecule has 1 fully saturated rings. The van der Waals surface area contributed by atoms with Gasteiger partial charge in [-0.05, 0) is 56.4 Å². The first-order valence-corrected chi connectivity index (χ1v) is 7.84. The van der Waals surface area contributed by atoms with Crippen molar-refractivity contribution in [3.8, 4) is 0 Å². The van der Waals surface area contributed by atoms with Crippen molar-refractivity contribution in [2.45, 2.75) is 52.0 Å². The first-order chi connectivity index (χ1) is 9.69. The van der Waals surface area contributed by atoms with Gasteiger partial charge in [0.05, 0.1) is 0 Å². The van der Waals surface area contributed by atoms with E-state index in [1.54, 1.807) is 0 Å². The fraction of sp³-hybridized carbons (Fsp3) is 0.588. The minimum atomic E-state index is 0.0626. The van der Waals surface area contributed by atoms with E-state index in [1.165, 1.54) is 19.3 Å². The van der Waals surface area contributed by atoms with Gasteiger partial charge in [0.1, 0.15) is 0 Å². The Bertz CT molecular complexity index is 427. The van der Waals surface area contributed by atoms with Gasteiger partial charge < -0.3 is 10.6 Å². The zero-order valence-corrected chi connectivity index (χ0v) is 12.6. The summed E-state index contributed by atoms with van der Waals surface area (Å²) >= 11 is 0. The largest absolute Gasteiger partial charge is 0.385 e. The Morgan fingerprint density at radius 2 is 1.90 bits per heavy atom. The molecule has 3 nitrogen and oxygen atoms in total. The smallest absolute Gasteiger partial charge is 0.251 e. The summed E-state index contributed by atoms with van der Waals surface area (Å²) in [4.78, 5) is 12.2. The highest BCUT2D eigenvalue weighted by molar-refractivity contribution is 5.94. The van der Waals surface area contributed by atoms with Crippen molar-refractivity contribution in [3.63, 3.8) is 0 Å². The highest BCUT2D eigenvalue weighted by atomic mass is 16.1. The van der Waals surface area contributed by atoms with E-state index in [9.17, 15) is 4.79 Å². The molecule has 0 bridgehead atoms. The molecule has 110 valence electrons. The van der Waals surface area contributed by atoms with Crippen molar-refractivity contribution in [1.29, 1.82) is 0 Å². The molecule has 1 aromatic rings. The van der Waals surface area contributed by atoms with E-state index in [1.807, 2.05) is 24.3 Å². The fourth-order valence-electron chi connectivity index (χ4n) is 2.84. The van der Waals surface area contributed by atoms with Crippen LogP contribution in [0.5, 0.6) is 0 Å². The van der Waals surface area contributed by atoms with Crippen LogP contribution in [0.15, 0.2) is 24.3 Å². The van der Waals surface area contributed by atoms with Crippen molar-refractivity contribution in [2.75, 3.05) is 11.9 Å². The Labute approximate surface area is 122 Å². The Morgan fingerprint density at radius 1 is 1.15 bits per heavy atom. The minimum absolute atomic E-state index is 0.0626. The summed E-state index contributed by atoms with van der Waals surface area (Å²) < 4.78 is 0. The minimum Gasteiger partial charge on any atom is -0.385 e. The lowest BCUT2D eigenvalue weighted by Gasteiger charge is -2.16. The molecule has 0 aliphatic heterocycles. The van der Waals surface area contributed by atoms with Gasteiger partial charge >= 0.3 is 0 Å².